The molecule has 0 saturated heterocycles. The van der Waals surface area contributed by atoms with Gasteiger partial charge in [-0.05, 0) is 31.3 Å². The average Bonchev–Trinajstić information content (AvgIpc) is 2.47. The molecule has 0 aromatic carbocycles. The first-order valence-electron chi connectivity index (χ1n) is 3.97. The Labute approximate surface area is 80.9 Å². The maximum absolute atomic E-state index is 4.98. The van der Waals surface area contributed by atoms with E-state index in [4.69, 9.17) is 12.2 Å². The standard InChI is InChI=1S/C9H9N3S/c1-6-8(12-9(13)11-6)7-4-2-3-5-10-7/h2-5H,1H3,(H2,11,12,13). The molecule has 4 heteroatoms. The zero-order chi connectivity index (χ0) is 9.26. The topological polar surface area (TPSA) is 44.5 Å². The van der Waals surface area contributed by atoms with Gasteiger partial charge in [0.25, 0.3) is 0 Å². The fourth-order valence-electron chi connectivity index (χ4n) is 1.24. The molecule has 0 radical (unpaired) electrons. The maximum atomic E-state index is 4.98. The van der Waals surface area contributed by atoms with E-state index >= 15 is 0 Å². The monoisotopic (exact) mass is 191 g/mol. The van der Waals surface area contributed by atoms with Crippen LogP contribution in [0.4, 0.5) is 0 Å². The third-order valence-corrected chi connectivity index (χ3v) is 2.04. The van der Waals surface area contributed by atoms with Crippen molar-refractivity contribution in [2.75, 3.05) is 0 Å². The molecule has 3 nitrogen and oxygen atoms in total. The largest absolute Gasteiger partial charge is 0.334 e. The van der Waals surface area contributed by atoms with Crippen LogP contribution in [-0.2, 0) is 0 Å². The van der Waals surface area contributed by atoms with Crippen molar-refractivity contribution in [2.24, 2.45) is 0 Å². The number of nitrogens with one attached hydrogen (secondary N) is 2. The molecular formula is C9H9N3S. The zero-order valence-corrected chi connectivity index (χ0v) is 7.98. The Morgan fingerprint density at radius 3 is 2.69 bits per heavy atom. The Morgan fingerprint density at radius 1 is 1.31 bits per heavy atom. The number of aryl methyl sites for hydroxylation is 1. The Balaban J connectivity index is 2.59. The molecule has 0 atom stereocenters. The van der Waals surface area contributed by atoms with Crippen molar-refractivity contribution in [1.29, 1.82) is 0 Å². The summed E-state index contributed by atoms with van der Waals surface area (Å²) in [5.41, 5.74) is 2.89. The summed E-state index contributed by atoms with van der Waals surface area (Å²) in [6, 6.07) is 5.78. The van der Waals surface area contributed by atoms with E-state index < -0.39 is 0 Å². The van der Waals surface area contributed by atoms with Crippen LogP contribution in [0.5, 0.6) is 0 Å². The van der Waals surface area contributed by atoms with E-state index in [0.717, 1.165) is 17.1 Å². The highest BCUT2D eigenvalue weighted by molar-refractivity contribution is 7.71. The predicted octanol–water partition coefficient (Wildman–Crippen LogP) is 2.44. The summed E-state index contributed by atoms with van der Waals surface area (Å²) in [5, 5.41) is 0. The summed E-state index contributed by atoms with van der Waals surface area (Å²) in [5.74, 6) is 0. The van der Waals surface area contributed by atoms with Gasteiger partial charge in [0.1, 0.15) is 0 Å². The molecule has 2 aromatic rings. The lowest BCUT2D eigenvalue weighted by atomic mass is 10.2. The number of aromatic nitrogens is 3. The van der Waals surface area contributed by atoms with E-state index in [-0.39, 0.29) is 0 Å². The summed E-state index contributed by atoms with van der Waals surface area (Å²) in [6.45, 7) is 1.97. The second-order valence-corrected chi connectivity index (χ2v) is 3.20. The molecule has 2 N–H and O–H groups in total. The Bertz CT molecular complexity index is 455. The molecule has 66 valence electrons. The lowest BCUT2D eigenvalue weighted by molar-refractivity contribution is 1.22. The van der Waals surface area contributed by atoms with E-state index in [1.54, 1.807) is 6.20 Å². The van der Waals surface area contributed by atoms with Gasteiger partial charge in [0.2, 0.25) is 0 Å². The van der Waals surface area contributed by atoms with Crippen molar-refractivity contribution in [3.05, 3.63) is 34.9 Å². The number of aromatic amines is 2. The number of rotatable bonds is 1. The molecule has 2 heterocycles. The van der Waals surface area contributed by atoms with Crippen LogP contribution < -0.4 is 0 Å². The summed E-state index contributed by atoms with van der Waals surface area (Å²) < 4.78 is 0.637. The van der Waals surface area contributed by atoms with Crippen molar-refractivity contribution in [2.45, 2.75) is 6.92 Å². The number of H-pyrrole nitrogens is 2. The molecule has 2 aromatic heterocycles. The first-order chi connectivity index (χ1) is 6.27. The van der Waals surface area contributed by atoms with Gasteiger partial charge in [-0.1, -0.05) is 6.07 Å². The number of hydrogen-bond acceptors (Lipinski definition) is 2. The summed E-state index contributed by atoms with van der Waals surface area (Å²) in [6.07, 6.45) is 1.76. The second-order valence-electron chi connectivity index (χ2n) is 2.79. The third-order valence-electron chi connectivity index (χ3n) is 1.84. The molecule has 0 bridgehead atoms. The third kappa shape index (κ3) is 1.53. The van der Waals surface area contributed by atoms with E-state index in [2.05, 4.69) is 15.0 Å². The van der Waals surface area contributed by atoms with Crippen LogP contribution in [0.15, 0.2) is 24.4 Å². The van der Waals surface area contributed by atoms with Gasteiger partial charge in [-0.3, -0.25) is 4.98 Å². The van der Waals surface area contributed by atoms with Crippen molar-refractivity contribution < 1.29 is 0 Å². The minimum Gasteiger partial charge on any atom is -0.334 e. The van der Waals surface area contributed by atoms with Gasteiger partial charge in [-0.2, -0.15) is 0 Å². The molecule has 0 aliphatic rings. The molecule has 2 rings (SSSR count). The van der Waals surface area contributed by atoms with Gasteiger partial charge in [-0.25, -0.2) is 0 Å². The number of nitrogens with zero attached hydrogens (tertiary/aromatic N) is 1. The highest BCUT2D eigenvalue weighted by atomic mass is 32.1. The molecule has 0 amide bonds. The molecule has 13 heavy (non-hydrogen) atoms. The molecule has 0 aliphatic heterocycles. The molecular weight excluding hydrogens is 182 g/mol. The van der Waals surface area contributed by atoms with Crippen LogP contribution >= 0.6 is 12.2 Å². The van der Waals surface area contributed by atoms with Gasteiger partial charge in [-0.15, -0.1) is 0 Å². The quantitative estimate of drug-likeness (QED) is 0.680. The first-order valence-corrected chi connectivity index (χ1v) is 4.38. The smallest absolute Gasteiger partial charge is 0.175 e. The number of imidazole rings is 1. The second kappa shape index (κ2) is 3.14. The number of pyridine rings is 1. The van der Waals surface area contributed by atoms with Crippen molar-refractivity contribution >= 4 is 12.2 Å². The fourth-order valence-corrected chi connectivity index (χ4v) is 1.49. The van der Waals surface area contributed by atoms with Gasteiger partial charge < -0.3 is 9.97 Å². The van der Waals surface area contributed by atoms with E-state index in [0.29, 0.717) is 4.77 Å². The summed E-state index contributed by atoms with van der Waals surface area (Å²) >= 11 is 4.98. The van der Waals surface area contributed by atoms with E-state index in [1.165, 1.54) is 0 Å². The fraction of sp³-hybridized carbons (Fsp3) is 0.111. The molecule has 0 spiro atoms. The van der Waals surface area contributed by atoms with Crippen LogP contribution in [0.3, 0.4) is 0 Å². The first kappa shape index (κ1) is 8.19. The molecule has 0 fully saturated rings. The Hall–Kier alpha value is -1.42. The van der Waals surface area contributed by atoms with Crippen molar-refractivity contribution in [1.82, 2.24) is 15.0 Å². The summed E-state index contributed by atoms with van der Waals surface area (Å²) in [4.78, 5) is 10.3. The normalized spacial score (nSPS) is 10.2. The molecule has 0 saturated carbocycles. The van der Waals surface area contributed by atoms with Gasteiger partial charge >= 0.3 is 0 Å². The van der Waals surface area contributed by atoms with Gasteiger partial charge in [0.15, 0.2) is 4.77 Å². The minimum absolute atomic E-state index is 0.637. The number of hydrogen-bond donors (Lipinski definition) is 2. The van der Waals surface area contributed by atoms with Crippen molar-refractivity contribution in [3.8, 4) is 11.4 Å². The Kier molecular flexibility index (Phi) is 1.98. The minimum atomic E-state index is 0.637. The Morgan fingerprint density at radius 2 is 2.15 bits per heavy atom. The lowest BCUT2D eigenvalue weighted by Gasteiger charge is -1.96. The zero-order valence-electron chi connectivity index (χ0n) is 7.16. The van der Waals surface area contributed by atoms with Crippen LogP contribution in [0.1, 0.15) is 5.69 Å². The SMILES string of the molecule is Cc1[nH]c(=S)[nH]c1-c1ccccn1. The highest BCUT2D eigenvalue weighted by Gasteiger charge is 2.03. The summed E-state index contributed by atoms with van der Waals surface area (Å²) in [7, 11) is 0. The van der Waals surface area contributed by atoms with Crippen LogP contribution in [-0.4, -0.2) is 15.0 Å². The maximum Gasteiger partial charge on any atom is 0.175 e. The average molecular weight is 191 g/mol. The van der Waals surface area contributed by atoms with Crippen LogP contribution in [0.25, 0.3) is 11.4 Å². The lowest BCUT2D eigenvalue weighted by Crippen LogP contribution is -1.83. The molecule has 0 aliphatic carbocycles. The molecule has 0 unspecified atom stereocenters. The van der Waals surface area contributed by atoms with Crippen LogP contribution in [0, 0.1) is 11.7 Å². The predicted molar refractivity (Wildman–Crippen MR) is 53.9 cm³/mol. The van der Waals surface area contributed by atoms with Crippen LogP contribution in [0.2, 0.25) is 0 Å². The van der Waals surface area contributed by atoms with Gasteiger partial charge in [0.05, 0.1) is 11.4 Å². The van der Waals surface area contributed by atoms with E-state index in [9.17, 15) is 0 Å². The highest BCUT2D eigenvalue weighted by Crippen LogP contribution is 2.16. The van der Waals surface area contributed by atoms with E-state index in [1.807, 2.05) is 25.1 Å². The van der Waals surface area contributed by atoms with Gasteiger partial charge in [0, 0.05) is 11.9 Å². The van der Waals surface area contributed by atoms with Crippen molar-refractivity contribution in [3.63, 3.8) is 0 Å².